The van der Waals surface area contributed by atoms with E-state index in [9.17, 15) is 23.1 Å². The third kappa shape index (κ3) is 5.03. The van der Waals surface area contributed by atoms with Crippen LogP contribution in [0.4, 0.5) is 0 Å². The second kappa shape index (κ2) is 8.61. The molecule has 1 heterocycles. The van der Waals surface area contributed by atoms with E-state index >= 15 is 0 Å². The minimum Gasteiger partial charge on any atom is -0.480 e. The van der Waals surface area contributed by atoms with Crippen LogP contribution in [-0.4, -0.2) is 62.1 Å². The molecule has 1 aliphatic heterocycles. The van der Waals surface area contributed by atoms with Gasteiger partial charge in [-0.3, -0.25) is 4.79 Å². The lowest BCUT2D eigenvalue weighted by Gasteiger charge is -2.26. The Balaban J connectivity index is 2.10. The zero-order chi connectivity index (χ0) is 19.3. The normalized spacial score (nSPS) is 17.0. The number of carbonyl (C=O) groups is 2. The van der Waals surface area contributed by atoms with Crippen LogP contribution in [0.3, 0.4) is 0 Å². The smallest absolute Gasteiger partial charge is 0.326 e. The van der Waals surface area contributed by atoms with Gasteiger partial charge in [0.15, 0.2) is 0 Å². The van der Waals surface area contributed by atoms with Crippen molar-refractivity contribution in [2.24, 2.45) is 5.92 Å². The van der Waals surface area contributed by atoms with Gasteiger partial charge in [-0.15, -0.1) is 0 Å². The molecule has 1 atom stereocenters. The van der Waals surface area contributed by atoms with E-state index < -0.39 is 27.9 Å². The first kappa shape index (κ1) is 20.3. The lowest BCUT2D eigenvalue weighted by molar-refractivity contribution is -0.139. The number of nitrogens with zero attached hydrogens (tertiary/aromatic N) is 1. The van der Waals surface area contributed by atoms with Gasteiger partial charge in [0, 0.05) is 18.7 Å². The van der Waals surface area contributed by atoms with Crippen molar-refractivity contribution in [2.45, 2.75) is 31.2 Å². The summed E-state index contributed by atoms with van der Waals surface area (Å²) in [5, 5.41) is 11.7. The number of carboxylic acid groups (broad SMARTS) is 1. The summed E-state index contributed by atoms with van der Waals surface area (Å²) in [5.74, 6) is -1.54. The van der Waals surface area contributed by atoms with Crippen molar-refractivity contribution in [1.82, 2.24) is 9.62 Å². The number of amides is 1. The Labute approximate surface area is 153 Å². The van der Waals surface area contributed by atoms with Crippen molar-refractivity contribution in [3.63, 3.8) is 0 Å². The number of benzene rings is 1. The first-order chi connectivity index (χ1) is 12.2. The predicted molar refractivity (Wildman–Crippen MR) is 94.4 cm³/mol. The first-order valence-electron chi connectivity index (χ1n) is 8.43. The van der Waals surface area contributed by atoms with Gasteiger partial charge in [0.25, 0.3) is 5.91 Å². The second-order valence-electron chi connectivity index (χ2n) is 6.53. The van der Waals surface area contributed by atoms with E-state index in [-0.39, 0.29) is 16.4 Å². The number of ether oxygens (including phenoxy) is 1. The minimum absolute atomic E-state index is 0.0907. The van der Waals surface area contributed by atoms with Gasteiger partial charge >= 0.3 is 5.97 Å². The van der Waals surface area contributed by atoms with Crippen LogP contribution in [0.1, 0.15) is 30.6 Å². The number of carboxylic acids is 1. The van der Waals surface area contributed by atoms with Crippen molar-refractivity contribution in [1.29, 1.82) is 0 Å². The topological polar surface area (TPSA) is 113 Å². The highest BCUT2D eigenvalue weighted by molar-refractivity contribution is 7.89. The molecule has 1 aromatic rings. The molecule has 0 spiro atoms. The van der Waals surface area contributed by atoms with Gasteiger partial charge in [-0.1, -0.05) is 13.8 Å². The fourth-order valence-electron chi connectivity index (χ4n) is 2.65. The van der Waals surface area contributed by atoms with Crippen LogP contribution in [0.2, 0.25) is 0 Å². The molecule has 1 amide bonds. The van der Waals surface area contributed by atoms with Crippen LogP contribution < -0.4 is 5.32 Å². The lowest BCUT2D eigenvalue weighted by atomic mass is 10.0. The SMILES string of the molecule is CC(C)C[C@H](NC(=O)c1ccc(S(=O)(=O)N2CCOCC2)cc1)C(=O)O. The molecule has 26 heavy (non-hydrogen) atoms. The highest BCUT2D eigenvalue weighted by atomic mass is 32.2. The van der Waals surface area contributed by atoms with Gasteiger partial charge in [0.1, 0.15) is 6.04 Å². The molecule has 2 N–H and O–H groups in total. The van der Waals surface area contributed by atoms with Crippen molar-refractivity contribution in [2.75, 3.05) is 26.3 Å². The van der Waals surface area contributed by atoms with E-state index in [1.807, 2.05) is 13.8 Å². The van der Waals surface area contributed by atoms with E-state index in [0.717, 1.165) is 0 Å². The van der Waals surface area contributed by atoms with Crippen LogP contribution in [0.25, 0.3) is 0 Å². The molecule has 1 aliphatic rings. The number of aliphatic carboxylic acids is 1. The molecule has 144 valence electrons. The van der Waals surface area contributed by atoms with Gasteiger partial charge in [-0.2, -0.15) is 4.31 Å². The Kier molecular flexibility index (Phi) is 6.74. The highest BCUT2D eigenvalue weighted by Gasteiger charge is 2.27. The summed E-state index contributed by atoms with van der Waals surface area (Å²) in [4.78, 5) is 23.6. The molecular formula is C17H24N2O6S. The Bertz CT molecular complexity index is 739. The largest absolute Gasteiger partial charge is 0.480 e. The minimum atomic E-state index is -3.63. The number of sulfonamides is 1. The summed E-state index contributed by atoms with van der Waals surface area (Å²) in [6.07, 6.45) is 0.310. The van der Waals surface area contributed by atoms with E-state index in [4.69, 9.17) is 4.74 Å². The number of hydrogen-bond donors (Lipinski definition) is 2. The molecule has 0 radical (unpaired) electrons. The molecule has 0 bridgehead atoms. The molecular weight excluding hydrogens is 360 g/mol. The summed E-state index contributed by atoms with van der Waals surface area (Å²) in [6.45, 7) is 5.03. The second-order valence-corrected chi connectivity index (χ2v) is 8.47. The number of morpholine rings is 1. The number of rotatable bonds is 7. The van der Waals surface area contributed by atoms with E-state index in [1.165, 1.54) is 28.6 Å². The van der Waals surface area contributed by atoms with Gasteiger partial charge in [-0.25, -0.2) is 13.2 Å². The Morgan fingerprint density at radius 1 is 1.19 bits per heavy atom. The summed E-state index contributed by atoms with van der Waals surface area (Å²) >= 11 is 0. The average Bonchev–Trinajstić information content (AvgIpc) is 2.61. The highest BCUT2D eigenvalue weighted by Crippen LogP contribution is 2.18. The molecule has 8 nitrogen and oxygen atoms in total. The molecule has 0 aromatic heterocycles. The first-order valence-corrected chi connectivity index (χ1v) is 9.87. The zero-order valence-corrected chi connectivity index (χ0v) is 15.7. The lowest BCUT2D eigenvalue weighted by Crippen LogP contribution is -2.41. The molecule has 1 saturated heterocycles. The monoisotopic (exact) mass is 384 g/mol. The Hall–Kier alpha value is -1.97. The molecule has 1 aromatic carbocycles. The number of carbonyl (C=O) groups excluding carboxylic acids is 1. The van der Waals surface area contributed by atoms with Crippen LogP contribution in [0.15, 0.2) is 29.2 Å². The van der Waals surface area contributed by atoms with Gasteiger partial charge in [-0.05, 0) is 36.6 Å². The summed E-state index contributed by atoms with van der Waals surface area (Å²) in [6, 6.07) is 4.50. The van der Waals surface area contributed by atoms with Gasteiger partial charge in [0.05, 0.1) is 18.1 Å². The van der Waals surface area contributed by atoms with Crippen LogP contribution in [0.5, 0.6) is 0 Å². The van der Waals surface area contributed by atoms with Crippen molar-refractivity contribution in [3.05, 3.63) is 29.8 Å². The van der Waals surface area contributed by atoms with E-state index in [0.29, 0.717) is 32.7 Å². The summed E-state index contributed by atoms with van der Waals surface area (Å²) < 4.78 is 31.6. The maximum Gasteiger partial charge on any atom is 0.326 e. The summed E-state index contributed by atoms with van der Waals surface area (Å²) in [7, 11) is -3.63. The fraction of sp³-hybridized carbons (Fsp3) is 0.529. The van der Waals surface area contributed by atoms with Crippen molar-refractivity contribution >= 4 is 21.9 Å². The standard InChI is InChI=1S/C17H24N2O6S/c1-12(2)11-15(17(21)22)18-16(20)13-3-5-14(6-4-13)26(23,24)19-7-9-25-10-8-19/h3-6,12,15H,7-11H2,1-2H3,(H,18,20)(H,21,22)/t15-/m0/s1. The van der Waals surface area contributed by atoms with E-state index in [1.54, 1.807) is 0 Å². The number of nitrogens with one attached hydrogen (secondary N) is 1. The third-order valence-corrected chi connectivity index (χ3v) is 5.95. The van der Waals surface area contributed by atoms with Crippen molar-refractivity contribution in [3.8, 4) is 0 Å². The average molecular weight is 384 g/mol. The third-order valence-electron chi connectivity index (χ3n) is 4.03. The van der Waals surface area contributed by atoms with Crippen LogP contribution in [-0.2, 0) is 19.6 Å². The number of hydrogen-bond acceptors (Lipinski definition) is 5. The maximum absolute atomic E-state index is 12.5. The molecule has 1 fully saturated rings. The van der Waals surface area contributed by atoms with Gasteiger partial charge in [0.2, 0.25) is 10.0 Å². The zero-order valence-electron chi connectivity index (χ0n) is 14.8. The molecule has 0 saturated carbocycles. The Morgan fingerprint density at radius 3 is 2.27 bits per heavy atom. The quantitative estimate of drug-likeness (QED) is 0.723. The summed E-state index contributed by atoms with van der Waals surface area (Å²) in [5.41, 5.74) is 0.209. The predicted octanol–water partition coefficient (Wildman–Crippen LogP) is 0.937. The molecule has 9 heteroatoms. The van der Waals surface area contributed by atoms with Crippen LogP contribution in [0, 0.1) is 5.92 Å². The fourth-order valence-corrected chi connectivity index (χ4v) is 4.06. The van der Waals surface area contributed by atoms with Crippen molar-refractivity contribution < 1.29 is 27.9 Å². The molecule has 2 rings (SSSR count). The van der Waals surface area contributed by atoms with E-state index in [2.05, 4.69) is 5.32 Å². The molecule has 0 aliphatic carbocycles. The maximum atomic E-state index is 12.5. The Morgan fingerprint density at radius 2 is 1.77 bits per heavy atom. The van der Waals surface area contributed by atoms with Crippen LogP contribution >= 0.6 is 0 Å². The molecule has 0 unspecified atom stereocenters. The van der Waals surface area contributed by atoms with Gasteiger partial charge < -0.3 is 15.2 Å².